The molecule has 0 spiro atoms. The number of halogens is 3. The van der Waals surface area contributed by atoms with Crippen molar-refractivity contribution in [3.05, 3.63) is 35.9 Å². The Kier molecular flexibility index (Phi) is 7.07. The standard InChI is InChI=1S/C20H24F3N5O6S3/c1-7-27-12(3)18-14(10-16(27)20(21,22)23)25-19(26(18)4)17-15(37(33,34)8-2)9-13(11-24-17)28(35(5,29)30)36(6,31)32/h9-11H,3,7-8H2,1-2,4-6H3. The average Bonchev–Trinajstić information content (AvgIpc) is 3.07. The Morgan fingerprint density at radius 1 is 1.05 bits per heavy atom. The van der Waals surface area contributed by atoms with E-state index in [2.05, 4.69) is 16.5 Å². The molecule has 0 fully saturated rings. The van der Waals surface area contributed by atoms with Crippen molar-refractivity contribution in [2.45, 2.75) is 24.9 Å². The Balaban J connectivity index is 2.37. The van der Waals surface area contributed by atoms with Gasteiger partial charge in [-0.2, -0.15) is 16.9 Å². The summed E-state index contributed by atoms with van der Waals surface area (Å²) >= 11 is 0. The molecule has 0 saturated heterocycles. The highest BCUT2D eigenvalue weighted by atomic mass is 32.3. The zero-order valence-electron chi connectivity index (χ0n) is 20.4. The topological polar surface area (TPSA) is 140 Å². The second kappa shape index (κ2) is 9.13. The van der Waals surface area contributed by atoms with Crippen molar-refractivity contribution in [3.8, 4) is 11.5 Å². The van der Waals surface area contributed by atoms with E-state index < -0.39 is 58.1 Å². The zero-order valence-corrected chi connectivity index (χ0v) is 22.8. The minimum absolute atomic E-state index is 0.0228. The van der Waals surface area contributed by atoms with Crippen molar-refractivity contribution in [1.29, 1.82) is 0 Å². The van der Waals surface area contributed by atoms with E-state index in [9.17, 15) is 38.4 Å². The molecule has 0 aromatic carbocycles. The first-order valence-electron chi connectivity index (χ1n) is 10.5. The Morgan fingerprint density at radius 2 is 1.62 bits per heavy atom. The molecule has 3 heterocycles. The number of alkyl halides is 3. The molecule has 0 aliphatic carbocycles. The smallest absolute Gasteiger partial charge is 0.336 e. The molecule has 204 valence electrons. The van der Waals surface area contributed by atoms with Crippen LogP contribution in [-0.2, 0) is 36.9 Å². The predicted octanol–water partition coefficient (Wildman–Crippen LogP) is 2.21. The molecule has 0 saturated carbocycles. The summed E-state index contributed by atoms with van der Waals surface area (Å²) < 4.78 is 117. The number of anilines is 1. The quantitative estimate of drug-likeness (QED) is 0.480. The Hall–Kier alpha value is -2.92. The third-order valence-electron chi connectivity index (χ3n) is 5.47. The van der Waals surface area contributed by atoms with Crippen LogP contribution >= 0.6 is 0 Å². The number of allylic oxidation sites excluding steroid dienone is 1. The van der Waals surface area contributed by atoms with E-state index in [1.165, 1.54) is 25.5 Å². The number of sulfonamides is 2. The molecule has 2 aromatic rings. The maximum Gasteiger partial charge on any atom is 0.431 e. The third-order valence-corrected chi connectivity index (χ3v) is 10.5. The van der Waals surface area contributed by atoms with Crippen molar-refractivity contribution in [1.82, 2.24) is 19.4 Å². The molecule has 2 aromatic heterocycles. The number of pyridine rings is 1. The number of rotatable bonds is 7. The first-order chi connectivity index (χ1) is 16.8. The van der Waals surface area contributed by atoms with Gasteiger partial charge in [0.05, 0.1) is 52.1 Å². The molecule has 0 N–H and O–H groups in total. The van der Waals surface area contributed by atoms with E-state index in [1.54, 1.807) is 0 Å². The monoisotopic (exact) mass is 583 g/mol. The van der Waals surface area contributed by atoms with Gasteiger partial charge in [0.25, 0.3) is 0 Å². The van der Waals surface area contributed by atoms with Gasteiger partial charge >= 0.3 is 6.18 Å². The van der Waals surface area contributed by atoms with Crippen LogP contribution in [0.4, 0.5) is 18.9 Å². The lowest BCUT2D eigenvalue weighted by atomic mass is 10.1. The van der Waals surface area contributed by atoms with E-state index in [4.69, 9.17) is 0 Å². The van der Waals surface area contributed by atoms with Crippen LogP contribution in [0.1, 0.15) is 25.2 Å². The lowest BCUT2D eigenvalue weighted by Crippen LogP contribution is -2.35. The van der Waals surface area contributed by atoms with E-state index in [0.717, 1.165) is 23.2 Å². The number of aromatic nitrogens is 3. The minimum Gasteiger partial charge on any atom is -0.336 e. The number of fused-ring (bicyclic) bond motifs is 1. The largest absolute Gasteiger partial charge is 0.431 e. The summed E-state index contributed by atoms with van der Waals surface area (Å²) in [7, 11) is -11.6. The molecule has 0 radical (unpaired) electrons. The molecule has 11 nitrogen and oxygen atoms in total. The van der Waals surface area contributed by atoms with Crippen LogP contribution in [0.3, 0.4) is 0 Å². The van der Waals surface area contributed by atoms with Crippen molar-refractivity contribution in [2.24, 2.45) is 7.05 Å². The number of hydrogen-bond donors (Lipinski definition) is 0. The molecule has 17 heteroatoms. The highest BCUT2D eigenvalue weighted by molar-refractivity contribution is 8.09. The summed E-state index contributed by atoms with van der Waals surface area (Å²) in [5, 5.41) is 0. The van der Waals surface area contributed by atoms with Crippen LogP contribution in [0.5, 0.6) is 0 Å². The van der Waals surface area contributed by atoms with Gasteiger partial charge < -0.3 is 9.47 Å². The van der Waals surface area contributed by atoms with Gasteiger partial charge in [-0.05, 0) is 19.1 Å². The first kappa shape index (κ1) is 28.6. The summed E-state index contributed by atoms with van der Waals surface area (Å²) in [6, 6.07) is 0.834. The summed E-state index contributed by atoms with van der Waals surface area (Å²) in [6.45, 7) is 6.52. The molecular formula is C20H24F3N5O6S3. The number of nitrogens with zero attached hydrogens (tertiary/aromatic N) is 5. The highest BCUT2D eigenvalue weighted by Gasteiger charge is 2.42. The van der Waals surface area contributed by atoms with Crippen LogP contribution in [0.15, 0.2) is 29.4 Å². The normalized spacial score (nSPS) is 15.0. The molecule has 0 unspecified atom stereocenters. The van der Waals surface area contributed by atoms with Crippen LogP contribution < -0.4 is 3.71 Å². The number of imidazole rings is 1. The first-order valence-corrected chi connectivity index (χ1v) is 15.9. The fourth-order valence-electron chi connectivity index (χ4n) is 3.97. The van der Waals surface area contributed by atoms with Crippen LogP contribution in [0.2, 0.25) is 0 Å². The van der Waals surface area contributed by atoms with E-state index in [-0.39, 0.29) is 38.9 Å². The Morgan fingerprint density at radius 3 is 2.08 bits per heavy atom. The lowest BCUT2D eigenvalue weighted by Gasteiger charge is -2.32. The van der Waals surface area contributed by atoms with Crippen LogP contribution in [0.25, 0.3) is 23.3 Å². The highest BCUT2D eigenvalue weighted by Crippen LogP contribution is 2.41. The Bertz CT molecular complexity index is 1610. The maximum absolute atomic E-state index is 13.7. The second-order valence-corrected chi connectivity index (χ2v) is 14.3. The van der Waals surface area contributed by atoms with Gasteiger partial charge in [0.15, 0.2) is 15.7 Å². The molecule has 1 aliphatic heterocycles. The molecule has 0 amide bonds. The fourth-order valence-corrected chi connectivity index (χ4v) is 7.96. The van der Waals surface area contributed by atoms with E-state index in [0.29, 0.717) is 12.5 Å². The van der Waals surface area contributed by atoms with Crippen molar-refractivity contribution in [3.63, 3.8) is 0 Å². The zero-order chi connectivity index (χ0) is 28.3. The minimum atomic E-state index is -4.72. The van der Waals surface area contributed by atoms with Gasteiger partial charge in [-0.15, -0.1) is 0 Å². The summed E-state index contributed by atoms with van der Waals surface area (Å²) in [6.07, 6.45) is -1.82. The van der Waals surface area contributed by atoms with Gasteiger partial charge in [0, 0.05) is 13.6 Å². The van der Waals surface area contributed by atoms with Gasteiger partial charge in [0.1, 0.15) is 11.4 Å². The maximum atomic E-state index is 13.7. The lowest BCUT2D eigenvalue weighted by molar-refractivity contribution is -0.105. The van der Waals surface area contributed by atoms with Crippen molar-refractivity contribution >= 4 is 47.3 Å². The second-order valence-electron chi connectivity index (χ2n) is 8.11. The molecular weight excluding hydrogens is 559 g/mol. The number of sulfone groups is 1. The SMILES string of the molecule is C=C1c2c(nc(-c3ncc(N(S(C)(=O)=O)S(C)(=O)=O)cc3S(=O)(=O)CC)n2C)C=C(C(F)(F)F)N1CC. The van der Waals surface area contributed by atoms with Crippen molar-refractivity contribution < 1.29 is 38.4 Å². The predicted molar refractivity (Wildman–Crippen MR) is 132 cm³/mol. The third kappa shape index (κ3) is 5.11. The van der Waals surface area contributed by atoms with Gasteiger partial charge in [-0.1, -0.05) is 13.5 Å². The molecule has 0 bridgehead atoms. The van der Waals surface area contributed by atoms with Crippen molar-refractivity contribution in [2.75, 3.05) is 28.5 Å². The summed E-state index contributed by atoms with van der Waals surface area (Å²) in [4.78, 5) is 8.63. The van der Waals surface area contributed by atoms with Gasteiger partial charge in [-0.25, -0.2) is 35.2 Å². The molecule has 0 atom stereocenters. The molecule has 37 heavy (non-hydrogen) atoms. The average molecular weight is 584 g/mol. The van der Waals surface area contributed by atoms with Gasteiger partial charge in [-0.3, -0.25) is 0 Å². The summed E-state index contributed by atoms with van der Waals surface area (Å²) in [5.74, 6) is -0.618. The number of hydrogen-bond acceptors (Lipinski definition) is 9. The van der Waals surface area contributed by atoms with Crippen LogP contribution in [-0.4, -0.2) is 75.7 Å². The Labute approximate surface area is 213 Å². The van der Waals surface area contributed by atoms with Crippen LogP contribution in [0, 0.1) is 0 Å². The van der Waals surface area contributed by atoms with Gasteiger partial charge in [0.2, 0.25) is 20.0 Å². The summed E-state index contributed by atoms with van der Waals surface area (Å²) in [5.41, 5.74) is -1.82. The molecule has 3 rings (SSSR count). The molecule has 1 aliphatic rings. The fraction of sp³-hybridized carbons (Fsp3) is 0.400. The van der Waals surface area contributed by atoms with E-state index in [1.807, 2.05) is 0 Å². The van der Waals surface area contributed by atoms with E-state index >= 15 is 0 Å².